The molecule has 0 aliphatic heterocycles. The molecule has 6 heteroatoms. The molecule has 0 saturated carbocycles. The summed E-state index contributed by atoms with van der Waals surface area (Å²) in [4.78, 5) is 10.9. The van der Waals surface area contributed by atoms with E-state index in [4.69, 9.17) is 13.3 Å². The highest BCUT2D eigenvalue weighted by molar-refractivity contribution is 6.82. The third kappa shape index (κ3) is 6.77. The van der Waals surface area contributed by atoms with E-state index in [-0.39, 0.29) is 5.97 Å². The summed E-state index contributed by atoms with van der Waals surface area (Å²) in [5.41, 5.74) is 0. The Labute approximate surface area is 106 Å². The smallest absolute Gasteiger partial charge is 0.330 e. The normalized spacial score (nSPS) is 15.1. The summed E-state index contributed by atoms with van der Waals surface area (Å²) in [5.74, 6) is -0.374. The molecule has 0 radical (unpaired) electrons. The van der Waals surface area contributed by atoms with Crippen molar-refractivity contribution < 1.29 is 18.1 Å². The van der Waals surface area contributed by atoms with Gasteiger partial charge >= 0.3 is 14.5 Å². The van der Waals surface area contributed by atoms with Crippen LogP contribution in [0.15, 0.2) is 12.7 Å². The minimum atomic E-state index is -2.02. The van der Waals surface area contributed by atoms with Crippen LogP contribution in [0.4, 0.5) is 0 Å². The Balaban J connectivity index is 4.28. The summed E-state index contributed by atoms with van der Waals surface area (Å²) in [7, 11) is -2.16. The van der Waals surface area contributed by atoms with Crippen LogP contribution in [-0.4, -0.2) is 36.6 Å². The van der Waals surface area contributed by atoms with Crippen molar-refractivity contribution in [2.45, 2.75) is 38.7 Å². The van der Waals surface area contributed by atoms with Crippen molar-refractivity contribution >= 4 is 22.8 Å². The molecule has 0 rings (SSSR count). The molecule has 0 heterocycles. The molecular formula is C11H24O4Si2. The minimum Gasteiger partial charge on any atom is -0.463 e. The van der Waals surface area contributed by atoms with E-state index in [2.05, 4.69) is 20.0 Å². The lowest BCUT2D eigenvalue weighted by atomic mass is 10.6. The van der Waals surface area contributed by atoms with Crippen molar-refractivity contribution in [2.75, 3.05) is 13.7 Å². The fourth-order valence-corrected chi connectivity index (χ4v) is 8.31. The van der Waals surface area contributed by atoms with Crippen molar-refractivity contribution in [3.05, 3.63) is 12.7 Å². The van der Waals surface area contributed by atoms with Gasteiger partial charge in [0.15, 0.2) is 8.32 Å². The molecule has 0 spiro atoms. The molecule has 100 valence electrons. The molecule has 0 bridgehead atoms. The highest BCUT2D eigenvalue weighted by Crippen LogP contribution is 2.22. The molecular weight excluding hydrogens is 252 g/mol. The van der Waals surface area contributed by atoms with E-state index < -0.39 is 16.9 Å². The second-order valence-electron chi connectivity index (χ2n) is 4.63. The fourth-order valence-electron chi connectivity index (χ4n) is 1.36. The fraction of sp³-hybridized carbons (Fsp3) is 0.727. The molecule has 0 aromatic rings. The van der Waals surface area contributed by atoms with Gasteiger partial charge < -0.3 is 13.3 Å². The van der Waals surface area contributed by atoms with Crippen LogP contribution in [0.3, 0.4) is 0 Å². The Hall–Kier alpha value is -0.436. The molecule has 17 heavy (non-hydrogen) atoms. The van der Waals surface area contributed by atoms with Crippen LogP contribution in [0, 0.1) is 0 Å². The van der Waals surface area contributed by atoms with Crippen molar-refractivity contribution in [1.29, 1.82) is 0 Å². The van der Waals surface area contributed by atoms with Crippen LogP contribution in [0.5, 0.6) is 0 Å². The van der Waals surface area contributed by atoms with Crippen LogP contribution in [0.2, 0.25) is 31.7 Å². The first-order valence-electron chi connectivity index (χ1n) is 5.83. The number of esters is 1. The van der Waals surface area contributed by atoms with Crippen LogP contribution in [-0.2, 0) is 18.1 Å². The van der Waals surface area contributed by atoms with Crippen molar-refractivity contribution in [1.82, 2.24) is 0 Å². The Morgan fingerprint density at radius 3 is 2.35 bits per heavy atom. The van der Waals surface area contributed by atoms with E-state index in [0.717, 1.165) is 12.1 Å². The van der Waals surface area contributed by atoms with E-state index in [9.17, 15) is 4.79 Å². The Morgan fingerprint density at radius 2 is 1.94 bits per heavy atom. The third-order valence-corrected chi connectivity index (χ3v) is 10.5. The van der Waals surface area contributed by atoms with Crippen molar-refractivity contribution in [3.8, 4) is 0 Å². The molecule has 1 unspecified atom stereocenters. The summed E-state index contributed by atoms with van der Waals surface area (Å²) in [6, 6.07) is 1.78. The van der Waals surface area contributed by atoms with Crippen LogP contribution in [0.25, 0.3) is 0 Å². The molecule has 0 aliphatic carbocycles. The average Bonchev–Trinajstić information content (AvgIpc) is 2.28. The lowest BCUT2D eigenvalue weighted by Crippen LogP contribution is -2.48. The van der Waals surface area contributed by atoms with Gasteiger partial charge in [0.05, 0.1) is 6.61 Å². The van der Waals surface area contributed by atoms with Gasteiger partial charge in [-0.25, -0.2) is 4.79 Å². The van der Waals surface area contributed by atoms with E-state index >= 15 is 0 Å². The minimum absolute atomic E-state index is 0.374. The largest absolute Gasteiger partial charge is 0.463 e. The molecule has 0 aromatic carbocycles. The zero-order chi connectivity index (χ0) is 13.5. The predicted octanol–water partition coefficient (Wildman–Crippen LogP) is 2.68. The summed E-state index contributed by atoms with van der Waals surface area (Å²) < 4.78 is 16.6. The number of ether oxygens (including phenoxy) is 1. The first-order valence-corrected chi connectivity index (χ1v) is 11.5. The molecule has 0 aromatic heterocycles. The van der Waals surface area contributed by atoms with Crippen LogP contribution in [0.1, 0.15) is 6.92 Å². The molecule has 0 aliphatic rings. The number of hydrogen-bond acceptors (Lipinski definition) is 4. The number of hydrogen-bond donors (Lipinski definition) is 0. The molecule has 0 fully saturated rings. The topological polar surface area (TPSA) is 44.8 Å². The maximum absolute atomic E-state index is 10.9. The molecule has 1 atom stereocenters. The zero-order valence-corrected chi connectivity index (χ0v) is 13.5. The van der Waals surface area contributed by atoms with Gasteiger partial charge in [0, 0.05) is 13.2 Å². The van der Waals surface area contributed by atoms with Gasteiger partial charge in [-0.1, -0.05) is 13.5 Å². The lowest BCUT2D eigenvalue weighted by molar-refractivity contribution is -0.137. The Kier molecular flexibility index (Phi) is 6.92. The maximum atomic E-state index is 10.9. The van der Waals surface area contributed by atoms with Gasteiger partial charge in [0.1, 0.15) is 0 Å². The lowest BCUT2D eigenvalue weighted by Gasteiger charge is -2.34. The Morgan fingerprint density at radius 1 is 1.35 bits per heavy atom. The number of rotatable bonds is 8. The highest BCUT2D eigenvalue weighted by atomic mass is 28.4. The standard InChI is InChI=1S/C11H24O4Si2/c1-7-11(12)14-9-10-17(6,8-2)15-16(4,5)13-3/h7H,1,8-10H2,2-6H3. The van der Waals surface area contributed by atoms with Crippen molar-refractivity contribution in [2.24, 2.45) is 0 Å². The van der Waals surface area contributed by atoms with Gasteiger partial charge in [0.2, 0.25) is 0 Å². The van der Waals surface area contributed by atoms with Gasteiger partial charge in [-0.2, -0.15) is 0 Å². The molecule has 0 N–H and O–H groups in total. The van der Waals surface area contributed by atoms with E-state index in [1.165, 1.54) is 6.08 Å². The Bertz CT molecular complexity index is 268. The second kappa shape index (κ2) is 7.10. The average molecular weight is 276 g/mol. The van der Waals surface area contributed by atoms with E-state index in [1.807, 2.05) is 13.1 Å². The number of carbonyl (C=O) groups is 1. The van der Waals surface area contributed by atoms with Gasteiger partial charge in [-0.15, -0.1) is 0 Å². The molecule has 0 saturated heterocycles. The second-order valence-corrected chi connectivity index (χ2v) is 12.8. The quantitative estimate of drug-likeness (QED) is 0.388. The van der Waals surface area contributed by atoms with Gasteiger partial charge in [-0.3, -0.25) is 0 Å². The van der Waals surface area contributed by atoms with Crippen molar-refractivity contribution in [3.63, 3.8) is 0 Å². The summed E-state index contributed by atoms with van der Waals surface area (Å²) in [6.07, 6.45) is 1.18. The van der Waals surface area contributed by atoms with Gasteiger partial charge in [-0.05, 0) is 31.7 Å². The van der Waals surface area contributed by atoms with Crippen LogP contribution >= 0.6 is 0 Å². The highest BCUT2D eigenvalue weighted by Gasteiger charge is 2.36. The van der Waals surface area contributed by atoms with E-state index in [0.29, 0.717) is 6.61 Å². The van der Waals surface area contributed by atoms with E-state index in [1.54, 1.807) is 7.11 Å². The maximum Gasteiger partial charge on any atom is 0.330 e. The number of carbonyl (C=O) groups excluding carboxylic acids is 1. The monoisotopic (exact) mass is 276 g/mol. The predicted molar refractivity (Wildman–Crippen MR) is 73.6 cm³/mol. The molecule has 0 amide bonds. The third-order valence-electron chi connectivity index (χ3n) is 2.77. The SMILES string of the molecule is C=CC(=O)OCC[Si](C)(CC)O[Si](C)(C)OC. The summed E-state index contributed by atoms with van der Waals surface area (Å²) in [6.45, 7) is 12.1. The first kappa shape index (κ1) is 16.6. The first-order chi connectivity index (χ1) is 7.78. The molecule has 4 nitrogen and oxygen atoms in total. The summed E-state index contributed by atoms with van der Waals surface area (Å²) in [5, 5.41) is 0. The van der Waals surface area contributed by atoms with Crippen LogP contribution < -0.4 is 0 Å². The van der Waals surface area contributed by atoms with Gasteiger partial charge in [0.25, 0.3) is 0 Å². The zero-order valence-electron chi connectivity index (χ0n) is 11.5. The summed E-state index contributed by atoms with van der Waals surface area (Å²) >= 11 is 0.